The van der Waals surface area contributed by atoms with Crippen LogP contribution in [0.1, 0.15) is 0 Å². The van der Waals surface area contributed by atoms with Crippen LogP contribution in [0, 0.1) is 0 Å². The molecule has 0 amide bonds. The highest BCUT2D eigenvalue weighted by atomic mass is 14.9. The first-order valence-electron chi connectivity index (χ1n) is 8.27. The van der Waals surface area contributed by atoms with Gasteiger partial charge >= 0.3 is 0 Å². The predicted octanol–water partition coefficient (Wildman–Crippen LogP) is 6.15. The van der Waals surface area contributed by atoms with Gasteiger partial charge in [-0.3, -0.25) is 0 Å². The van der Waals surface area contributed by atoms with Crippen molar-refractivity contribution in [2.24, 2.45) is 7.05 Å². The lowest BCUT2D eigenvalue weighted by atomic mass is 9.95. The monoisotopic (exact) mass is 307 g/mol. The molecule has 0 aliphatic rings. The lowest BCUT2D eigenvalue weighted by Gasteiger charge is -2.11. The summed E-state index contributed by atoms with van der Waals surface area (Å²) in [6.07, 6.45) is 2.16. The maximum absolute atomic E-state index is 2.33. The molecule has 0 spiro atoms. The molecule has 0 unspecified atom stereocenters. The van der Waals surface area contributed by atoms with Crippen molar-refractivity contribution in [1.82, 2.24) is 4.57 Å². The molecule has 4 aromatic carbocycles. The topological polar surface area (TPSA) is 4.93 Å². The molecule has 0 N–H and O–H groups in total. The van der Waals surface area contributed by atoms with E-state index in [2.05, 4.69) is 96.7 Å². The van der Waals surface area contributed by atoms with Gasteiger partial charge in [0.05, 0.1) is 5.52 Å². The molecule has 0 radical (unpaired) electrons. The van der Waals surface area contributed by atoms with Gasteiger partial charge in [-0.2, -0.15) is 0 Å². The molecule has 0 aliphatic carbocycles. The molecule has 5 rings (SSSR count). The minimum atomic E-state index is 1.26. The van der Waals surface area contributed by atoms with Crippen molar-refractivity contribution in [1.29, 1.82) is 0 Å². The molecule has 0 fully saturated rings. The molecular formula is C23H17N. The Bertz CT molecular complexity index is 1200. The maximum atomic E-state index is 2.33. The fourth-order valence-electron chi connectivity index (χ4n) is 3.75. The van der Waals surface area contributed by atoms with Crippen LogP contribution < -0.4 is 0 Å². The Morgan fingerprint density at radius 2 is 1.33 bits per heavy atom. The van der Waals surface area contributed by atoms with E-state index in [9.17, 15) is 0 Å². The molecule has 0 atom stereocenters. The van der Waals surface area contributed by atoms with E-state index in [1.807, 2.05) is 0 Å². The Balaban J connectivity index is 1.98. The molecule has 1 heterocycles. The fourth-order valence-corrected chi connectivity index (χ4v) is 3.75. The van der Waals surface area contributed by atoms with Crippen LogP contribution in [0.2, 0.25) is 0 Å². The third-order valence-corrected chi connectivity index (χ3v) is 4.92. The summed E-state index contributed by atoms with van der Waals surface area (Å²) in [5, 5.41) is 6.52. The van der Waals surface area contributed by atoms with Gasteiger partial charge in [-0.05, 0) is 51.4 Å². The minimum absolute atomic E-state index is 1.26. The SMILES string of the molecule is Cn1ccc2c3cc4ccccc4cc3cc(-c3ccccc3)c21. The Kier molecular flexibility index (Phi) is 2.77. The Hall–Kier alpha value is -3.06. The third kappa shape index (κ3) is 1.88. The van der Waals surface area contributed by atoms with Gasteiger partial charge < -0.3 is 4.57 Å². The standard InChI is InChI=1S/C23H17N/c1-24-12-11-20-21-14-18-10-6-5-9-17(18)13-19(21)15-22(23(20)24)16-7-3-2-4-8-16/h2-15H,1H3. The highest BCUT2D eigenvalue weighted by molar-refractivity contribution is 6.16. The Morgan fingerprint density at radius 1 is 0.625 bits per heavy atom. The van der Waals surface area contributed by atoms with Gasteiger partial charge in [-0.15, -0.1) is 0 Å². The smallest absolute Gasteiger partial charge is 0.0563 e. The van der Waals surface area contributed by atoms with E-state index >= 15 is 0 Å². The predicted molar refractivity (Wildman–Crippen MR) is 103 cm³/mol. The average molecular weight is 307 g/mol. The summed E-state index contributed by atoms with van der Waals surface area (Å²) in [4.78, 5) is 0. The van der Waals surface area contributed by atoms with Crippen molar-refractivity contribution < 1.29 is 0 Å². The van der Waals surface area contributed by atoms with Crippen molar-refractivity contribution >= 4 is 32.4 Å². The van der Waals surface area contributed by atoms with Gasteiger partial charge in [-0.25, -0.2) is 0 Å². The van der Waals surface area contributed by atoms with E-state index < -0.39 is 0 Å². The van der Waals surface area contributed by atoms with Crippen molar-refractivity contribution in [3.05, 3.63) is 85.1 Å². The van der Waals surface area contributed by atoms with Crippen LogP contribution in [-0.4, -0.2) is 4.57 Å². The second-order valence-corrected chi connectivity index (χ2v) is 6.40. The Morgan fingerprint density at radius 3 is 2.12 bits per heavy atom. The van der Waals surface area contributed by atoms with E-state index in [1.54, 1.807) is 0 Å². The van der Waals surface area contributed by atoms with Gasteiger partial charge in [0, 0.05) is 24.2 Å². The largest absolute Gasteiger partial charge is 0.350 e. The molecule has 0 saturated heterocycles. The average Bonchev–Trinajstić information content (AvgIpc) is 3.02. The van der Waals surface area contributed by atoms with Crippen LogP contribution in [0.15, 0.2) is 85.1 Å². The molecule has 0 bridgehead atoms. The number of hydrogen-bond acceptors (Lipinski definition) is 0. The molecule has 1 aromatic heterocycles. The van der Waals surface area contributed by atoms with Crippen LogP contribution in [0.25, 0.3) is 43.6 Å². The number of fused-ring (bicyclic) bond motifs is 4. The van der Waals surface area contributed by atoms with E-state index in [0.717, 1.165) is 0 Å². The van der Waals surface area contributed by atoms with E-state index in [-0.39, 0.29) is 0 Å². The van der Waals surface area contributed by atoms with Crippen LogP contribution in [0.4, 0.5) is 0 Å². The molecule has 0 aliphatic heterocycles. The number of aryl methyl sites for hydroxylation is 1. The Labute approximate surface area is 140 Å². The van der Waals surface area contributed by atoms with E-state index in [0.29, 0.717) is 0 Å². The summed E-state index contributed by atoms with van der Waals surface area (Å²) >= 11 is 0. The number of nitrogens with zero attached hydrogens (tertiary/aromatic N) is 1. The second kappa shape index (κ2) is 4.97. The fraction of sp³-hybridized carbons (Fsp3) is 0.0435. The molecule has 0 saturated carbocycles. The third-order valence-electron chi connectivity index (χ3n) is 4.92. The number of hydrogen-bond donors (Lipinski definition) is 0. The van der Waals surface area contributed by atoms with Gasteiger partial charge in [-0.1, -0.05) is 54.6 Å². The summed E-state index contributed by atoms with van der Waals surface area (Å²) < 4.78 is 2.23. The minimum Gasteiger partial charge on any atom is -0.350 e. The normalized spacial score (nSPS) is 11.5. The summed E-state index contributed by atoms with van der Waals surface area (Å²) in [5.74, 6) is 0. The zero-order valence-corrected chi connectivity index (χ0v) is 13.5. The van der Waals surface area contributed by atoms with E-state index in [4.69, 9.17) is 0 Å². The lowest BCUT2D eigenvalue weighted by molar-refractivity contribution is 0.970. The zero-order chi connectivity index (χ0) is 16.1. The molecule has 24 heavy (non-hydrogen) atoms. The first-order chi connectivity index (χ1) is 11.8. The molecule has 1 heteroatoms. The summed E-state index contributed by atoms with van der Waals surface area (Å²) in [6, 6.07) is 28.4. The zero-order valence-electron chi connectivity index (χ0n) is 13.5. The molecule has 5 aromatic rings. The van der Waals surface area contributed by atoms with Gasteiger partial charge in [0.2, 0.25) is 0 Å². The molecular weight excluding hydrogens is 290 g/mol. The van der Waals surface area contributed by atoms with Gasteiger partial charge in [0.25, 0.3) is 0 Å². The quantitative estimate of drug-likeness (QED) is 0.327. The van der Waals surface area contributed by atoms with Gasteiger partial charge in [0.1, 0.15) is 0 Å². The van der Waals surface area contributed by atoms with Crippen LogP contribution in [0.5, 0.6) is 0 Å². The van der Waals surface area contributed by atoms with Crippen LogP contribution >= 0.6 is 0 Å². The van der Waals surface area contributed by atoms with Gasteiger partial charge in [0.15, 0.2) is 0 Å². The molecule has 114 valence electrons. The summed E-state index contributed by atoms with van der Waals surface area (Å²) in [7, 11) is 2.13. The number of rotatable bonds is 1. The summed E-state index contributed by atoms with van der Waals surface area (Å²) in [5.41, 5.74) is 3.85. The highest BCUT2D eigenvalue weighted by Crippen LogP contribution is 2.36. The van der Waals surface area contributed by atoms with Crippen molar-refractivity contribution in [3.8, 4) is 11.1 Å². The first-order valence-corrected chi connectivity index (χ1v) is 8.27. The highest BCUT2D eigenvalue weighted by Gasteiger charge is 2.12. The summed E-state index contributed by atoms with van der Waals surface area (Å²) in [6.45, 7) is 0. The first kappa shape index (κ1) is 13.4. The van der Waals surface area contributed by atoms with Crippen LogP contribution in [-0.2, 0) is 7.05 Å². The lowest BCUT2D eigenvalue weighted by Crippen LogP contribution is -1.90. The second-order valence-electron chi connectivity index (χ2n) is 6.40. The molecule has 1 nitrogen and oxygen atoms in total. The van der Waals surface area contributed by atoms with E-state index in [1.165, 1.54) is 43.6 Å². The van der Waals surface area contributed by atoms with Crippen LogP contribution in [0.3, 0.4) is 0 Å². The number of aromatic nitrogens is 1. The maximum Gasteiger partial charge on any atom is 0.0563 e. The van der Waals surface area contributed by atoms with Crippen molar-refractivity contribution in [2.45, 2.75) is 0 Å². The van der Waals surface area contributed by atoms with Crippen molar-refractivity contribution in [3.63, 3.8) is 0 Å². The number of benzene rings is 4. The van der Waals surface area contributed by atoms with Crippen molar-refractivity contribution in [2.75, 3.05) is 0 Å².